The van der Waals surface area contributed by atoms with E-state index in [0.717, 1.165) is 63.5 Å². The van der Waals surface area contributed by atoms with Gasteiger partial charge in [-0.25, -0.2) is 4.39 Å². The number of benzene rings is 1. The molecular weight excluding hydrogens is 345 g/mol. The van der Waals surface area contributed by atoms with Crippen LogP contribution < -0.4 is 10.5 Å². The third-order valence-electron chi connectivity index (χ3n) is 5.74. The summed E-state index contributed by atoms with van der Waals surface area (Å²) in [5, 5.41) is 8.91. The summed E-state index contributed by atoms with van der Waals surface area (Å²) in [4.78, 5) is 2.38. The molecule has 1 aromatic heterocycles. The number of hydrogen-bond acceptors (Lipinski definition) is 5. The molecular formula is C20H28FN5O. The second-order valence-corrected chi connectivity index (χ2v) is 7.67. The average Bonchev–Trinajstić information content (AvgIpc) is 3.04. The van der Waals surface area contributed by atoms with Crippen LogP contribution in [0.1, 0.15) is 50.2 Å². The lowest BCUT2D eigenvalue weighted by molar-refractivity contribution is 0.0915. The topological polar surface area (TPSA) is 69.2 Å². The van der Waals surface area contributed by atoms with Gasteiger partial charge >= 0.3 is 0 Å². The van der Waals surface area contributed by atoms with Crippen molar-refractivity contribution in [3.8, 4) is 5.75 Å². The maximum atomic E-state index is 13.8. The van der Waals surface area contributed by atoms with E-state index in [9.17, 15) is 4.39 Å². The summed E-state index contributed by atoms with van der Waals surface area (Å²) < 4.78 is 21.9. The molecule has 1 aromatic carbocycles. The number of nitrogens with zero attached hydrogens (tertiary/aromatic N) is 4. The van der Waals surface area contributed by atoms with Crippen molar-refractivity contribution < 1.29 is 9.13 Å². The Kier molecular flexibility index (Phi) is 5.41. The van der Waals surface area contributed by atoms with Crippen LogP contribution in [0.2, 0.25) is 0 Å². The molecule has 6 nitrogen and oxygen atoms in total. The highest BCUT2D eigenvalue weighted by Crippen LogP contribution is 2.35. The molecule has 1 aliphatic heterocycles. The molecule has 2 aliphatic rings. The number of aromatic nitrogens is 3. The molecule has 1 saturated carbocycles. The Bertz CT molecular complexity index is 765. The van der Waals surface area contributed by atoms with Gasteiger partial charge in [-0.3, -0.25) is 4.90 Å². The smallest absolute Gasteiger partial charge is 0.165 e. The molecule has 2 aromatic rings. The fraction of sp³-hybridized carbons (Fsp3) is 0.600. The van der Waals surface area contributed by atoms with E-state index in [2.05, 4.69) is 26.6 Å². The maximum absolute atomic E-state index is 13.8. The Labute approximate surface area is 159 Å². The third kappa shape index (κ3) is 3.99. The van der Waals surface area contributed by atoms with Crippen molar-refractivity contribution in [2.75, 3.05) is 13.1 Å². The van der Waals surface area contributed by atoms with Crippen LogP contribution in [0, 0.1) is 5.82 Å². The summed E-state index contributed by atoms with van der Waals surface area (Å²) in [6.45, 7) is 5.66. The number of halogens is 1. The summed E-state index contributed by atoms with van der Waals surface area (Å²) in [5.74, 6) is 2.64. The fourth-order valence-corrected chi connectivity index (χ4v) is 4.09. The molecule has 1 aliphatic carbocycles. The average molecular weight is 373 g/mol. The van der Waals surface area contributed by atoms with E-state index in [1.165, 1.54) is 6.07 Å². The molecule has 0 atom stereocenters. The van der Waals surface area contributed by atoms with E-state index in [4.69, 9.17) is 10.5 Å². The number of ether oxygens (including phenoxy) is 1. The van der Waals surface area contributed by atoms with Crippen LogP contribution in [0.4, 0.5) is 4.39 Å². The highest BCUT2D eigenvalue weighted by atomic mass is 19.1. The first-order valence-corrected chi connectivity index (χ1v) is 9.95. The van der Waals surface area contributed by atoms with Crippen LogP contribution in [0.15, 0.2) is 24.3 Å². The van der Waals surface area contributed by atoms with Crippen molar-refractivity contribution in [2.45, 2.75) is 63.8 Å². The Morgan fingerprint density at radius 1 is 1.19 bits per heavy atom. The zero-order chi connectivity index (χ0) is 18.8. The lowest BCUT2D eigenvalue weighted by Gasteiger charge is -2.33. The number of nitrogens with two attached hydrogens (primary N) is 1. The molecule has 0 spiro atoms. The second kappa shape index (κ2) is 7.94. The van der Waals surface area contributed by atoms with E-state index in [1.54, 1.807) is 18.2 Å². The SMILES string of the molecule is CCn1c(CN2CCC(Oc3ccccc3F)CC2)nnc1C1CC(N)C1. The number of para-hydroxylation sites is 1. The highest BCUT2D eigenvalue weighted by Gasteiger charge is 2.32. The van der Waals surface area contributed by atoms with Crippen LogP contribution in [0.25, 0.3) is 0 Å². The summed E-state index contributed by atoms with van der Waals surface area (Å²) in [7, 11) is 0. The summed E-state index contributed by atoms with van der Waals surface area (Å²) in [6, 6.07) is 6.93. The van der Waals surface area contributed by atoms with Crippen molar-refractivity contribution in [3.05, 3.63) is 41.7 Å². The standard InChI is InChI=1S/C20H28FN5O/c1-2-26-19(23-24-20(26)14-11-15(22)12-14)13-25-9-7-16(8-10-25)27-18-6-4-3-5-17(18)21/h3-6,14-16H,2,7-13,22H2,1H3. The van der Waals surface area contributed by atoms with Crippen molar-refractivity contribution in [2.24, 2.45) is 5.73 Å². The van der Waals surface area contributed by atoms with Gasteiger partial charge in [0, 0.05) is 31.6 Å². The summed E-state index contributed by atoms with van der Waals surface area (Å²) in [5.41, 5.74) is 5.93. The predicted molar refractivity (Wildman–Crippen MR) is 101 cm³/mol. The molecule has 0 amide bonds. The van der Waals surface area contributed by atoms with Crippen molar-refractivity contribution >= 4 is 0 Å². The Morgan fingerprint density at radius 2 is 1.93 bits per heavy atom. The molecule has 2 fully saturated rings. The number of piperidine rings is 1. The molecule has 7 heteroatoms. The number of likely N-dealkylation sites (tertiary alicyclic amines) is 1. The second-order valence-electron chi connectivity index (χ2n) is 7.67. The van der Waals surface area contributed by atoms with E-state index < -0.39 is 0 Å². The number of hydrogen-bond donors (Lipinski definition) is 1. The Balaban J connectivity index is 1.32. The van der Waals surface area contributed by atoms with Gasteiger partial charge in [-0.15, -0.1) is 10.2 Å². The third-order valence-corrected chi connectivity index (χ3v) is 5.74. The first kappa shape index (κ1) is 18.4. The molecule has 4 rings (SSSR count). The highest BCUT2D eigenvalue weighted by molar-refractivity contribution is 5.24. The molecule has 0 unspecified atom stereocenters. The van der Waals surface area contributed by atoms with Gasteiger partial charge in [0.15, 0.2) is 11.6 Å². The molecule has 27 heavy (non-hydrogen) atoms. The normalized spacial score (nSPS) is 24.0. The van der Waals surface area contributed by atoms with Gasteiger partial charge < -0.3 is 15.0 Å². The van der Waals surface area contributed by atoms with Gasteiger partial charge in [0.05, 0.1) is 6.54 Å². The molecule has 2 N–H and O–H groups in total. The zero-order valence-electron chi connectivity index (χ0n) is 15.9. The molecule has 0 radical (unpaired) electrons. The van der Waals surface area contributed by atoms with Gasteiger partial charge in [-0.2, -0.15) is 0 Å². The first-order chi connectivity index (χ1) is 13.1. The maximum Gasteiger partial charge on any atom is 0.165 e. The molecule has 2 heterocycles. The van der Waals surface area contributed by atoms with E-state index in [0.29, 0.717) is 17.7 Å². The predicted octanol–water partition coefficient (Wildman–Crippen LogP) is 2.69. The van der Waals surface area contributed by atoms with Gasteiger partial charge in [-0.05, 0) is 44.7 Å². The van der Waals surface area contributed by atoms with Crippen molar-refractivity contribution in [1.29, 1.82) is 0 Å². The minimum Gasteiger partial charge on any atom is -0.487 e. The van der Waals surface area contributed by atoms with Crippen LogP contribution in [-0.2, 0) is 13.1 Å². The van der Waals surface area contributed by atoms with Crippen molar-refractivity contribution in [3.63, 3.8) is 0 Å². The number of rotatable bonds is 6. The van der Waals surface area contributed by atoms with Gasteiger partial charge in [-0.1, -0.05) is 12.1 Å². The van der Waals surface area contributed by atoms with Crippen molar-refractivity contribution in [1.82, 2.24) is 19.7 Å². The summed E-state index contributed by atoms with van der Waals surface area (Å²) in [6.07, 6.45) is 3.86. The largest absolute Gasteiger partial charge is 0.487 e. The zero-order valence-corrected chi connectivity index (χ0v) is 15.9. The van der Waals surface area contributed by atoms with Crippen LogP contribution >= 0.6 is 0 Å². The van der Waals surface area contributed by atoms with Gasteiger partial charge in [0.25, 0.3) is 0 Å². The van der Waals surface area contributed by atoms with Gasteiger partial charge in [0.2, 0.25) is 0 Å². The Morgan fingerprint density at radius 3 is 2.59 bits per heavy atom. The lowest BCUT2D eigenvalue weighted by Crippen LogP contribution is -2.38. The minimum absolute atomic E-state index is 0.0641. The summed E-state index contributed by atoms with van der Waals surface area (Å²) >= 11 is 0. The first-order valence-electron chi connectivity index (χ1n) is 9.95. The minimum atomic E-state index is -0.292. The fourth-order valence-electron chi connectivity index (χ4n) is 4.09. The monoisotopic (exact) mass is 373 g/mol. The van der Waals surface area contributed by atoms with Crippen LogP contribution in [0.5, 0.6) is 5.75 Å². The quantitative estimate of drug-likeness (QED) is 0.843. The van der Waals surface area contributed by atoms with Crippen LogP contribution in [-0.4, -0.2) is 44.9 Å². The van der Waals surface area contributed by atoms with Crippen LogP contribution in [0.3, 0.4) is 0 Å². The van der Waals surface area contributed by atoms with E-state index >= 15 is 0 Å². The molecule has 1 saturated heterocycles. The lowest BCUT2D eigenvalue weighted by atomic mass is 9.80. The van der Waals surface area contributed by atoms with Gasteiger partial charge in [0.1, 0.15) is 17.8 Å². The molecule has 0 bridgehead atoms. The molecule has 146 valence electrons. The Hall–Kier alpha value is -1.99. The van der Waals surface area contributed by atoms with E-state index in [-0.39, 0.29) is 11.9 Å². The van der Waals surface area contributed by atoms with E-state index in [1.807, 2.05) is 0 Å².